The molecule has 0 spiro atoms. The van der Waals surface area contributed by atoms with Crippen molar-refractivity contribution < 1.29 is 4.74 Å². The zero-order valence-corrected chi connectivity index (χ0v) is 16.7. The lowest BCUT2D eigenvalue weighted by molar-refractivity contribution is 0.00525. The fourth-order valence-electron chi connectivity index (χ4n) is 3.33. The Morgan fingerprint density at radius 2 is 2.09 bits per heavy atom. The molecule has 5 nitrogen and oxygen atoms in total. The van der Waals surface area contributed by atoms with Gasteiger partial charge in [0.2, 0.25) is 0 Å². The van der Waals surface area contributed by atoms with Gasteiger partial charge in [0.1, 0.15) is 0 Å². The lowest BCUT2D eigenvalue weighted by Gasteiger charge is -2.34. The molecule has 2 atom stereocenters. The first kappa shape index (κ1) is 20.0. The molecule has 2 fully saturated rings. The van der Waals surface area contributed by atoms with Crippen LogP contribution < -0.4 is 5.73 Å². The highest BCUT2D eigenvalue weighted by Gasteiger charge is 2.21. The molecular weight excluding hydrogens is 391 g/mol. The third-order valence-electron chi connectivity index (χ3n) is 4.30. The smallest absolute Gasteiger partial charge is 0.191 e. The minimum atomic E-state index is 0. The van der Waals surface area contributed by atoms with Gasteiger partial charge in [0.15, 0.2) is 5.96 Å². The number of piperidine rings is 1. The van der Waals surface area contributed by atoms with E-state index in [4.69, 9.17) is 10.5 Å². The number of nitrogens with zero attached hydrogens (tertiary/aromatic N) is 3. The number of rotatable bonds is 4. The van der Waals surface area contributed by atoms with Gasteiger partial charge in [0.25, 0.3) is 0 Å². The van der Waals surface area contributed by atoms with E-state index in [1.807, 2.05) is 0 Å². The van der Waals surface area contributed by atoms with Crippen molar-refractivity contribution in [1.82, 2.24) is 9.80 Å². The van der Waals surface area contributed by atoms with Gasteiger partial charge < -0.3 is 20.3 Å². The fraction of sp³-hybridized carbons (Fsp3) is 0.938. The first-order chi connectivity index (χ1) is 10.0. The number of ether oxygens (including phenoxy) is 1. The first-order valence-electron chi connectivity index (χ1n) is 8.43. The summed E-state index contributed by atoms with van der Waals surface area (Å²) in [5.41, 5.74) is 6.15. The predicted octanol–water partition coefficient (Wildman–Crippen LogP) is 2.01. The maximum Gasteiger partial charge on any atom is 0.191 e. The second kappa shape index (κ2) is 9.93. The van der Waals surface area contributed by atoms with Crippen LogP contribution in [0.25, 0.3) is 0 Å². The van der Waals surface area contributed by atoms with Crippen LogP contribution in [0.2, 0.25) is 0 Å². The molecule has 2 rings (SSSR count). The van der Waals surface area contributed by atoms with Crippen molar-refractivity contribution in [2.45, 2.75) is 39.7 Å². The largest absolute Gasteiger partial charge is 0.375 e. The Kier molecular flexibility index (Phi) is 9.01. The zero-order chi connectivity index (χ0) is 15.2. The van der Waals surface area contributed by atoms with Crippen LogP contribution in [0.5, 0.6) is 0 Å². The normalized spacial score (nSPS) is 27.8. The Morgan fingerprint density at radius 1 is 1.32 bits per heavy atom. The van der Waals surface area contributed by atoms with E-state index in [2.05, 4.69) is 35.6 Å². The molecule has 0 aromatic heterocycles. The molecule has 22 heavy (non-hydrogen) atoms. The van der Waals surface area contributed by atoms with E-state index in [-0.39, 0.29) is 30.1 Å². The Bertz CT molecular complexity index is 351. The van der Waals surface area contributed by atoms with E-state index in [0.29, 0.717) is 11.9 Å². The SMILES string of the molecule is CC(C)CN1CCCC(CN=C(N)N2CCOC(C)C2)C1.I. The van der Waals surface area contributed by atoms with E-state index in [1.54, 1.807) is 0 Å². The van der Waals surface area contributed by atoms with Gasteiger partial charge >= 0.3 is 0 Å². The van der Waals surface area contributed by atoms with Gasteiger partial charge in [-0.05, 0) is 38.1 Å². The summed E-state index contributed by atoms with van der Waals surface area (Å²) in [6, 6.07) is 0. The van der Waals surface area contributed by atoms with Crippen LogP contribution in [0.3, 0.4) is 0 Å². The standard InChI is InChI=1S/C16H32N4O.HI/c1-13(2)10-19-6-4-5-15(12-19)9-18-16(17)20-7-8-21-14(3)11-20;/h13-15H,4-12H2,1-3H3,(H2,17,18);1H. The molecule has 2 saturated heterocycles. The van der Waals surface area contributed by atoms with Gasteiger partial charge in [-0.1, -0.05) is 13.8 Å². The number of hydrogen-bond acceptors (Lipinski definition) is 3. The molecule has 2 aliphatic heterocycles. The summed E-state index contributed by atoms with van der Waals surface area (Å²) in [7, 11) is 0. The Labute approximate surface area is 152 Å². The van der Waals surface area contributed by atoms with Crippen molar-refractivity contribution >= 4 is 29.9 Å². The van der Waals surface area contributed by atoms with E-state index in [1.165, 1.54) is 32.5 Å². The lowest BCUT2D eigenvalue weighted by Crippen LogP contribution is -2.48. The molecule has 0 radical (unpaired) electrons. The summed E-state index contributed by atoms with van der Waals surface area (Å²) in [4.78, 5) is 9.40. The molecule has 0 aromatic carbocycles. The first-order valence-corrected chi connectivity index (χ1v) is 8.43. The predicted molar refractivity (Wildman–Crippen MR) is 103 cm³/mol. The van der Waals surface area contributed by atoms with E-state index < -0.39 is 0 Å². The summed E-state index contributed by atoms with van der Waals surface area (Å²) in [5.74, 6) is 2.10. The van der Waals surface area contributed by atoms with E-state index in [0.717, 1.165) is 32.2 Å². The molecule has 6 heteroatoms. The van der Waals surface area contributed by atoms with Crippen molar-refractivity contribution in [1.29, 1.82) is 0 Å². The fourth-order valence-corrected chi connectivity index (χ4v) is 3.33. The Hall–Kier alpha value is -0.0800. The molecule has 2 heterocycles. The molecule has 2 unspecified atom stereocenters. The Balaban J connectivity index is 0.00000242. The molecule has 0 aromatic rings. The minimum Gasteiger partial charge on any atom is -0.375 e. The van der Waals surface area contributed by atoms with Crippen LogP contribution >= 0.6 is 24.0 Å². The summed E-state index contributed by atoms with van der Waals surface area (Å²) >= 11 is 0. The molecule has 0 aliphatic carbocycles. The number of hydrogen-bond donors (Lipinski definition) is 1. The summed E-state index contributed by atoms with van der Waals surface area (Å²) in [5, 5.41) is 0. The number of nitrogens with two attached hydrogens (primary N) is 1. The highest BCUT2D eigenvalue weighted by atomic mass is 127. The molecule has 0 bridgehead atoms. The van der Waals surface area contributed by atoms with Crippen LogP contribution in [-0.2, 0) is 4.74 Å². The highest BCUT2D eigenvalue weighted by Crippen LogP contribution is 2.18. The van der Waals surface area contributed by atoms with Crippen LogP contribution in [0, 0.1) is 11.8 Å². The number of aliphatic imine (C=N–C) groups is 1. The molecule has 130 valence electrons. The number of morpholine rings is 1. The highest BCUT2D eigenvalue weighted by molar-refractivity contribution is 14.0. The number of halogens is 1. The maximum atomic E-state index is 6.15. The van der Waals surface area contributed by atoms with Crippen LogP contribution in [0.15, 0.2) is 4.99 Å². The van der Waals surface area contributed by atoms with Gasteiger partial charge in [-0.3, -0.25) is 4.99 Å². The third kappa shape index (κ3) is 6.58. The van der Waals surface area contributed by atoms with Gasteiger partial charge in [-0.2, -0.15) is 0 Å². The van der Waals surface area contributed by atoms with Gasteiger partial charge in [0, 0.05) is 32.7 Å². The van der Waals surface area contributed by atoms with Crippen LogP contribution in [-0.4, -0.2) is 67.7 Å². The second-order valence-electron chi connectivity index (χ2n) is 6.99. The number of guanidine groups is 1. The number of likely N-dealkylation sites (tertiary alicyclic amines) is 1. The second-order valence-corrected chi connectivity index (χ2v) is 6.99. The van der Waals surface area contributed by atoms with Crippen LogP contribution in [0.4, 0.5) is 0 Å². The van der Waals surface area contributed by atoms with E-state index >= 15 is 0 Å². The molecule has 0 amide bonds. The van der Waals surface area contributed by atoms with Crippen molar-refractivity contribution in [2.24, 2.45) is 22.6 Å². The van der Waals surface area contributed by atoms with E-state index in [9.17, 15) is 0 Å². The minimum absolute atomic E-state index is 0. The maximum absolute atomic E-state index is 6.15. The summed E-state index contributed by atoms with van der Waals surface area (Å²) in [6.07, 6.45) is 2.83. The molecule has 2 N–H and O–H groups in total. The van der Waals surface area contributed by atoms with Gasteiger partial charge in [-0.15, -0.1) is 24.0 Å². The van der Waals surface area contributed by atoms with Crippen molar-refractivity contribution in [3.05, 3.63) is 0 Å². The lowest BCUT2D eigenvalue weighted by atomic mass is 9.97. The van der Waals surface area contributed by atoms with Crippen molar-refractivity contribution in [3.8, 4) is 0 Å². The van der Waals surface area contributed by atoms with Crippen molar-refractivity contribution in [3.63, 3.8) is 0 Å². The summed E-state index contributed by atoms with van der Waals surface area (Å²) in [6.45, 7) is 13.6. The quantitative estimate of drug-likeness (QED) is 0.426. The topological polar surface area (TPSA) is 54.1 Å². The average molecular weight is 424 g/mol. The van der Waals surface area contributed by atoms with Crippen molar-refractivity contribution in [2.75, 3.05) is 45.9 Å². The molecular formula is C16H33IN4O. The van der Waals surface area contributed by atoms with Gasteiger partial charge in [-0.25, -0.2) is 0 Å². The van der Waals surface area contributed by atoms with Gasteiger partial charge in [0.05, 0.1) is 12.7 Å². The Morgan fingerprint density at radius 3 is 2.77 bits per heavy atom. The van der Waals surface area contributed by atoms with Crippen LogP contribution in [0.1, 0.15) is 33.6 Å². The zero-order valence-electron chi connectivity index (χ0n) is 14.3. The molecule has 2 aliphatic rings. The molecule has 0 saturated carbocycles. The monoisotopic (exact) mass is 424 g/mol. The average Bonchev–Trinajstić information content (AvgIpc) is 2.44. The third-order valence-corrected chi connectivity index (χ3v) is 4.30. The summed E-state index contributed by atoms with van der Waals surface area (Å²) < 4.78 is 5.54.